The monoisotopic (exact) mass is 255 g/mol. The van der Waals surface area contributed by atoms with Crippen LogP contribution in [-0.4, -0.2) is 12.2 Å². The molecule has 0 bridgehead atoms. The maximum absolute atomic E-state index is 10.5. The summed E-state index contributed by atoms with van der Waals surface area (Å²) in [6, 6.07) is 14.2. The second kappa shape index (κ2) is 6.00. The van der Waals surface area contributed by atoms with Gasteiger partial charge in [0, 0.05) is 6.54 Å². The molecule has 100 valence electrons. The van der Waals surface area contributed by atoms with Gasteiger partial charge in [-0.05, 0) is 48.7 Å². The third kappa shape index (κ3) is 3.22. The molecule has 0 fully saturated rings. The highest BCUT2D eigenvalue weighted by atomic mass is 16.3. The largest absolute Gasteiger partial charge is 0.384 e. The van der Waals surface area contributed by atoms with Crippen LogP contribution in [-0.2, 0) is 6.54 Å². The van der Waals surface area contributed by atoms with Gasteiger partial charge in [0.2, 0.25) is 0 Å². The maximum Gasteiger partial charge on any atom is 0.104 e. The molecule has 2 nitrogen and oxygen atoms in total. The lowest BCUT2D eigenvalue weighted by atomic mass is 9.97. The van der Waals surface area contributed by atoms with Crippen LogP contribution in [0.25, 0.3) is 0 Å². The summed E-state index contributed by atoms with van der Waals surface area (Å²) in [5.41, 5.74) is 5.53. The van der Waals surface area contributed by atoms with Crippen LogP contribution in [0.3, 0.4) is 0 Å². The predicted molar refractivity (Wildman–Crippen MR) is 79.2 cm³/mol. The van der Waals surface area contributed by atoms with E-state index in [1.807, 2.05) is 25.2 Å². The number of aryl methyl sites for hydroxylation is 2. The zero-order valence-corrected chi connectivity index (χ0v) is 11.8. The molecule has 2 rings (SSSR count). The quantitative estimate of drug-likeness (QED) is 0.880. The molecule has 1 unspecified atom stereocenters. The summed E-state index contributed by atoms with van der Waals surface area (Å²) in [6.07, 6.45) is -0.559. The molecule has 0 spiro atoms. The smallest absolute Gasteiger partial charge is 0.104 e. The molecule has 0 saturated carbocycles. The average molecular weight is 255 g/mol. The van der Waals surface area contributed by atoms with E-state index in [9.17, 15) is 5.11 Å². The number of aliphatic hydroxyl groups is 1. The predicted octanol–water partition coefficient (Wildman–Crippen LogP) is 3.10. The van der Waals surface area contributed by atoms with Crippen molar-refractivity contribution in [2.45, 2.75) is 26.5 Å². The molecule has 0 amide bonds. The Bertz CT molecular complexity index is 563. The topological polar surface area (TPSA) is 32.3 Å². The summed E-state index contributed by atoms with van der Waals surface area (Å²) >= 11 is 0. The van der Waals surface area contributed by atoms with Crippen molar-refractivity contribution in [2.75, 3.05) is 7.05 Å². The standard InChI is InChI=1S/C17H21NO/c1-12-7-8-16(9-13(12)2)17(19)15-6-4-5-14(10-15)11-18-3/h4-10,17-19H,11H2,1-3H3. The maximum atomic E-state index is 10.5. The van der Waals surface area contributed by atoms with Gasteiger partial charge in [-0.25, -0.2) is 0 Å². The van der Waals surface area contributed by atoms with Crippen molar-refractivity contribution >= 4 is 0 Å². The van der Waals surface area contributed by atoms with Gasteiger partial charge in [-0.15, -0.1) is 0 Å². The van der Waals surface area contributed by atoms with Crippen LogP contribution in [0.4, 0.5) is 0 Å². The molecule has 0 aliphatic heterocycles. The minimum absolute atomic E-state index is 0.559. The lowest BCUT2D eigenvalue weighted by Crippen LogP contribution is -2.06. The van der Waals surface area contributed by atoms with Crippen molar-refractivity contribution in [3.8, 4) is 0 Å². The van der Waals surface area contributed by atoms with E-state index in [0.29, 0.717) is 0 Å². The lowest BCUT2D eigenvalue weighted by molar-refractivity contribution is 0.220. The highest BCUT2D eigenvalue weighted by molar-refractivity contribution is 5.37. The minimum Gasteiger partial charge on any atom is -0.384 e. The van der Waals surface area contributed by atoms with Crippen molar-refractivity contribution in [1.82, 2.24) is 5.32 Å². The van der Waals surface area contributed by atoms with E-state index in [0.717, 1.165) is 17.7 Å². The van der Waals surface area contributed by atoms with E-state index in [2.05, 4.69) is 43.4 Å². The van der Waals surface area contributed by atoms with Crippen molar-refractivity contribution in [3.63, 3.8) is 0 Å². The normalized spacial score (nSPS) is 12.4. The Morgan fingerprint density at radius 3 is 2.42 bits per heavy atom. The Balaban J connectivity index is 2.29. The minimum atomic E-state index is -0.559. The van der Waals surface area contributed by atoms with Gasteiger partial charge in [-0.3, -0.25) is 0 Å². The second-order valence-corrected chi connectivity index (χ2v) is 5.02. The number of hydrogen-bond acceptors (Lipinski definition) is 2. The summed E-state index contributed by atoms with van der Waals surface area (Å²) in [5.74, 6) is 0. The highest BCUT2D eigenvalue weighted by Crippen LogP contribution is 2.24. The van der Waals surface area contributed by atoms with E-state index >= 15 is 0 Å². The molecule has 0 aromatic heterocycles. The number of rotatable bonds is 4. The molecular formula is C17H21NO. The highest BCUT2D eigenvalue weighted by Gasteiger charge is 2.11. The molecule has 0 saturated heterocycles. The molecule has 0 heterocycles. The third-order valence-electron chi connectivity index (χ3n) is 3.49. The van der Waals surface area contributed by atoms with E-state index in [1.165, 1.54) is 16.7 Å². The van der Waals surface area contributed by atoms with Crippen LogP contribution in [0.2, 0.25) is 0 Å². The Kier molecular flexibility index (Phi) is 4.35. The van der Waals surface area contributed by atoms with Gasteiger partial charge in [0.25, 0.3) is 0 Å². The summed E-state index contributed by atoms with van der Waals surface area (Å²) < 4.78 is 0. The molecule has 2 N–H and O–H groups in total. The van der Waals surface area contributed by atoms with Gasteiger partial charge >= 0.3 is 0 Å². The van der Waals surface area contributed by atoms with Crippen LogP contribution < -0.4 is 5.32 Å². The Hall–Kier alpha value is -1.64. The number of aliphatic hydroxyl groups excluding tert-OH is 1. The molecule has 19 heavy (non-hydrogen) atoms. The van der Waals surface area contributed by atoms with Gasteiger partial charge in [0.1, 0.15) is 6.10 Å². The molecule has 0 radical (unpaired) electrons. The van der Waals surface area contributed by atoms with Crippen LogP contribution >= 0.6 is 0 Å². The molecule has 1 atom stereocenters. The van der Waals surface area contributed by atoms with Crippen LogP contribution in [0.5, 0.6) is 0 Å². The molecule has 0 aliphatic rings. The number of nitrogens with one attached hydrogen (secondary N) is 1. The summed E-state index contributed by atoms with van der Waals surface area (Å²) in [7, 11) is 1.92. The Labute approximate surface area is 115 Å². The summed E-state index contributed by atoms with van der Waals surface area (Å²) in [4.78, 5) is 0. The van der Waals surface area contributed by atoms with Crippen LogP contribution in [0.15, 0.2) is 42.5 Å². The SMILES string of the molecule is CNCc1cccc(C(O)c2ccc(C)c(C)c2)c1. The molecule has 2 aromatic rings. The van der Waals surface area contributed by atoms with E-state index < -0.39 is 6.10 Å². The Morgan fingerprint density at radius 2 is 1.74 bits per heavy atom. The van der Waals surface area contributed by atoms with Crippen LogP contribution in [0, 0.1) is 13.8 Å². The first-order valence-electron chi connectivity index (χ1n) is 6.60. The molecular weight excluding hydrogens is 234 g/mol. The number of benzene rings is 2. The zero-order chi connectivity index (χ0) is 13.8. The first-order valence-corrected chi connectivity index (χ1v) is 6.60. The van der Waals surface area contributed by atoms with Gasteiger partial charge < -0.3 is 10.4 Å². The van der Waals surface area contributed by atoms with E-state index in [1.54, 1.807) is 0 Å². The summed E-state index contributed by atoms with van der Waals surface area (Å²) in [6.45, 7) is 4.97. The molecule has 0 aliphatic carbocycles. The first kappa shape index (κ1) is 13.8. The van der Waals surface area contributed by atoms with E-state index in [-0.39, 0.29) is 0 Å². The van der Waals surface area contributed by atoms with Gasteiger partial charge in [-0.2, -0.15) is 0 Å². The van der Waals surface area contributed by atoms with Gasteiger partial charge in [0.05, 0.1) is 0 Å². The first-order chi connectivity index (χ1) is 9.11. The molecule has 2 aromatic carbocycles. The average Bonchev–Trinajstić information content (AvgIpc) is 2.42. The van der Waals surface area contributed by atoms with E-state index in [4.69, 9.17) is 0 Å². The zero-order valence-electron chi connectivity index (χ0n) is 11.8. The summed E-state index contributed by atoms with van der Waals surface area (Å²) in [5, 5.41) is 13.6. The number of hydrogen-bond donors (Lipinski definition) is 2. The van der Waals surface area contributed by atoms with Gasteiger partial charge in [-0.1, -0.05) is 42.5 Å². The second-order valence-electron chi connectivity index (χ2n) is 5.02. The van der Waals surface area contributed by atoms with Crippen LogP contribution in [0.1, 0.15) is 33.9 Å². The fourth-order valence-corrected chi connectivity index (χ4v) is 2.20. The van der Waals surface area contributed by atoms with Gasteiger partial charge in [0.15, 0.2) is 0 Å². The lowest BCUT2D eigenvalue weighted by Gasteiger charge is -2.14. The Morgan fingerprint density at radius 1 is 1.00 bits per heavy atom. The van der Waals surface area contributed by atoms with Crippen molar-refractivity contribution < 1.29 is 5.11 Å². The third-order valence-corrected chi connectivity index (χ3v) is 3.49. The fourth-order valence-electron chi connectivity index (χ4n) is 2.20. The molecule has 2 heteroatoms. The van der Waals surface area contributed by atoms with Crippen molar-refractivity contribution in [3.05, 3.63) is 70.3 Å². The van der Waals surface area contributed by atoms with Crippen molar-refractivity contribution in [1.29, 1.82) is 0 Å². The van der Waals surface area contributed by atoms with Crippen molar-refractivity contribution in [2.24, 2.45) is 0 Å². The fraction of sp³-hybridized carbons (Fsp3) is 0.294.